The van der Waals surface area contributed by atoms with Crippen molar-refractivity contribution in [1.29, 1.82) is 0 Å². The van der Waals surface area contributed by atoms with Crippen molar-refractivity contribution in [2.75, 3.05) is 0 Å². The van der Waals surface area contributed by atoms with E-state index in [0.29, 0.717) is 0 Å². The van der Waals surface area contributed by atoms with Gasteiger partial charge in [0.2, 0.25) is 0 Å². The fourth-order valence-corrected chi connectivity index (χ4v) is 0. The summed E-state index contributed by atoms with van der Waals surface area (Å²) in [4.78, 5) is 43.1. The average molecular weight is 240 g/mol. The maximum Gasteiger partial charge on any atom is 0.466 e. The van der Waals surface area contributed by atoms with Gasteiger partial charge in [0.05, 0.1) is 6.26 Å². The minimum Gasteiger partial charge on any atom is -0.516 e. The molecule has 0 aromatic heterocycles. The van der Waals surface area contributed by atoms with Gasteiger partial charge in [0.25, 0.3) is 0 Å². The third-order valence-corrected chi connectivity index (χ3v) is 0. The topological polar surface area (TPSA) is 176 Å². The second-order valence-electron chi connectivity index (χ2n) is 1.21. The molecule has 0 atom stereocenters. The molecule has 0 fully saturated rings. The molecule has 82 valence electrons. The quantitative estimate of drug-likeness (QED) is 0.203. The molecule has 0 aromatic carbocycles. The van der Waals surface area contributed by atoms with Crippen molar-refractivity contribution in [3.63, 3.8) is 0 Å². The predicted octanol–water partition coefficient (Wildman–Crippen LogP) is -1.17. The number of phosphoric acid groups is 2. The van der Waals surface area contributed by atoms with Crippen LogP contribution in [0.4, 0.5) is 0 Å². The van der Waals surface area contributed by atoms with Crippen molar-refractivity contribution in [3.8, 4) is 0 Å². The number of rotatable bonds is 0. The van der Waals surface area contributed by atoms with Crippen LogP contribution in [0.15, 0.2) is 12.8 Å². The maximum atomic E-state index is 8.88. The molecule has 13 heavy (non-hydrogen) atoms. The SMILES string of the molecule is C=CO.O=P(O)(O)O.O=P(O)(O)O. The Balaban J connectivity index is -0.000000120. The summed E-state index contributed by atoms with van der Waals surface area (Å²) in [5.41, 5.74) is 0. The summed E-state index contributed by atoms with van der Waals surface area (Å²) in [5.74, 6) is 0. The molecule has 0 unspecified atom stereocenters. The lowest BCUT2D eigenvalue weighted by Crippen LogP contribution is -1.66. The fraction of sp³-hybridized carbons (Fsp3) is 0. The van der Waals surface area contributed by atoms with Crippen molar-refractivity contribution in [2.24, 2.45) is 0 Å². The first-order valence-corrected chi connectivity index (χ1v) is 5.36. The van der Waals surface area contributed by atoms with E-state index in [4.69, 9.17) is 43.6 Å². The van der Waals surface area contributed by atoms with Gasteiger partial charge in [0.1, 0.15) is 0 Å². The normalized spacial score (nSPS) is 10.0. The van der Waals surface area contributed by atoms with E-state index in [1.807, 2.05) is 0 Å². The number of hydrogen-bond acceptors (Lipinski definition) is 3. The molecule has 11 heteroatoms. The summed E-state index contributed by atoms with van der Waals surface area (Å²) in [6, 6.07) is 0. The predicted molar refractivity (Wildman–Crippen MR) is 41.4 cm³/mol. The molecule has 0 aliphatic carbocycles. The Morgan fingerprint density at radius 3 is 0.846 bits per heavy atom. The first kappa shape index (κ1) is 18.5. The minimum absolute atomic E-state index is 0.750. The maximum absolute atomic E-state index is 8.88. The lowest BCUT2D eigenvalue weighted by atomic mass is 11.2. The molecular weight excluding hydrogens is 230 g/mol. The Morgan fingerprint density at radius 2 is 0.846 bits per heavy atom. The van der Waals surface area contributed by atoms with Gasteiger partial charge in [-0.15, -0.1) is 0 Å². The van der Waals surface area contributed by atoms with Crippen LogP contribution in [0.3, 0.4) is 0 Å². The minimum atomic E-state index is -4.64. The second-order valence-corrected chi connectivity index (χ2v) is 3.26. The Morgan fingerprint density at radius 1 is 0.846 bits per heavy atom. The van der Waals surface area contributed by atoms with Gasteiger partial charge >= 0.3 is 15.6 Å². The fourth-order valence-electron chi connectivity index (χ4n) is 0. The summed E-state index contributed by atoms with van der Waals surface area (Å²) < 4.78 is 17.8. The van der Waals surface area contributed by atoms with Crippen LogP contribution in [0.5, 0.6) is 0 Å². The molecular formula is C2H10O9P2. The molecule has 0 amide bonds. The second kappa shape index (κ2) is 8.36. The van der Waals surface area contributed by atoms with Gasteiger partial charge in [0.15, 0.2) is 0 Å². The molecule has 0 aromatic rings. The highest BCUT2D eigenvalue weighted by atomic mass is 31.2. The third-order valence-electron chi connectivity index (χ3n) is 0. The molecule has 0 heterocycles. The standard InChI is InChI=1S/C2H4O.2H3O4P/c1-2-3;2*1-5(2,3)4/h2-3H,1H2;2*(H3,1,2,3,4). The molecule has 0 aliphatic heterocycles. The first-order chi connectivity index (χ1) is 5.41. The van der Waals surface area contributed by atoms with Crippen molar-refractivity contribution >= 4 is 15.6 Å². The van der Waals surface area contributed by atoms with Gasteiger partial charge in [-0.2, -0.15) is 0 Å². The van der Waals surface area contributed by atoms with Crippen LogP contribution in [0.25, 0.3) is 0 Å². The molecule has 0 radical (unpaired) electrons. The average Bonchev–Trinajstić information content (AvgIpc) is 1.52. The van der Waals surface area contributed by atoms with Crippen LogP contribution in [0, 0.1) is 0 Å². The smallest absolute Gasteiger partial charge is 0.466 e. The summed E-state index contributed by atoms with van der Waals surface area (Å²) in [7, 11) is -9.28. The molecule has 0 aliphatic rings. The molecule has 0 saturated heterocycles. The van der Waals surface area contributed by atoms with Crippen molar-refractivity contribution in [2.45, 2.75) is 0 Å². The van der Waals surface area contributed by atoms with Crippen molar-refractivity contribution in [3.05, 3.63) is 12.8 Å². The lowest BCUT2D eigenvalue weighted by Gasteiger charge is -1.82. The molecule has 0 spiro atoms. The molecule has 9 nitrogen and oxygen atoms in total. The highest BCUT2D eigenvalue weighted by molar-refractivity contribution is 7.45. The monoisotopic (exact) mass is 240 g/mol. The summed E-state index contributed by atoms with van der Waals surface area (Å²) in [5, 5.41) is 7.33. The number of aliphatic hydroxyl groups is 1. The van der Waals surface area contributed by atoms with E-state index < -0.39 is 15.6 Å². The molecule has 7 N–H and O–H groups in total. The highest BCUT2D eigenvalue weighted by Crippen LogP contribution is 2.26. The molecule has 0 bridgehead atoms. The van der Waals surface area contributed by atoms with Crippen LogP contribution < -0.4 is 0 Å². The summed E-state index contributed by atoms with van der Waals surface area (Å²) in [6.45, 7) is 2.92. The van der Waals surface area contributed by atoms with Gasteiger partial charge in [-0.25, -0.2) is 9.13 Å². The van der Waals surface area contributed by atoms with Gasteiger partial charge in [-0.3, -0.25) is 0 Å². The Hall–Kier alpha value is -0.240. The van der Waals surface area contributed by atoms with Gasteiger partial charge in [-0.05, 0) is 0 Å². The van der Waals surface area contributed by atoms with E-state index in [-0.39, 0.29) is 0 Å². The van der Waals surface area contributed by atoms with E-state index in [0.717, 1.165) is 6.26 Å². The zero-order chi connectivity index (χ0) is 11.7. The van der Waals surface area contributed by atoms with E-state index >= 15 is 0 Å². The van der Waals surface area contributed by atoms with E-state index in [2.05, 4.69) is 6.58 Å². The molecule has 0 rings (SSSR count). The summed E-state index contributed by atoms with van der Waals surface area (Å²) >= 11 is 0. The van der Waals surface area contributed by atoms with Gasteiger partial charge in [-0.1, -0.05) is 6.58 Å². The van der Waals surface area contributed by atoms with Crippen LogP contribution in [0.2, 0.25) is 0 Å². The largest absolute Gasteiger partial charge is 0.516 e. The van der Waals surface area contributed by atoms with E-state index in [9.17, 15) is 0 Å². The van der Waals surface area contributed by atoms with Crippen LogP contribution in [-0.4, -0.2) is 34.5 Å². The Labute approximate surface area is 73.1 Å². The number of aliphatic hydroxyl groups excluding tert-OH is 1. The first-order valence-electron chi connectivity index (χ1n) is 2.23. The van der Waals surface area contributed by atoms with Gasteiger partial charge in [0, 0.05) is 0 Å². The Kier molecular flexibility index (Phi) is 11.9. The van der Waals surface area contributed by atoms with Crippen LogP contribution in [0.1, 0.15) is 0 Å². The Bertz CT molecular complexity index is 161. The van der Waals surface area contributed by atoms with Crippen molar-refractivity contribution < 1.29 is 43.6 Å². The van der Waals surface area contributed by atoms with Crippen molar-refractivity contribution in [1.82, 2.24) is 0 Å². The summed E-state index contributed by atoms with van der Waals surface area (Å²) in [6.07, 6.45) is 0.750. The molecule has 0 saturated carbocycles. The van der Waals surface area contributed by atoms with Gasteiger partial charge < -0.3 is 34.5 Å². The van der Waals surface area contributed by atoms with Crippen LogP contribution in [-0.2, 0) is 9.13 Å². The zero-order valence-corrected chi connectivity index (χ0v) is 7.91. The van der Waals surface area contributed by atoms with Crippen LogP contribution >= 0.6 is 15.6 Å². The third kappa shape index (κ3) is 19400. The number of hydrogen-bond donors (Lipinski definition) is 7. The lowest BCUT2D eigenvalue weighted by molar-refractivity contribution is 0.272. The highest BCUT2D eigenvalue weighted by Gasteiger charge is 2.00. The zero-order valence-electron chi connectivity index (χ0n) is 6.13. The van der Waals surface area contributed by atoms with E-state index in [1.54, 1.807) is 0 Å². The van der Waals surface area contributed by atoms with E-state index in [1.165, 1.54) is 0 Å².